The molecule has 7 heteroatoms. The first kappa shape index (κ1) is 18.9. The molecule has 0 aliphatic carbocycles. The van der Waals surface area contributed by atoms with Gasteiger partial charge in [-0.3, -0.25) is 4.79 Å². The topological polar surface area (TPSA) is 65.5 Å². The van der Waals surface area contributed by atoms with Crippen LogP contribution in [-0.4, -0.2) is 53.6 Å². The van der Waals surface area contributed by atoms with Crippen LogP contribution >= 0.6 is 0 Å². The highest BCUT2D eigenvalue weighted by Crippen LogP contribution is 2.18. The number of rotatable bonds is 5. The van der Waals surface area contributed by atoms with Crippen LogP contribution in [0.4, 0.5) is 17.3 Å². The van der Waals surface area contributed by atoms with Crippen LogP contribution in [-0.2, 0) is 0 Å². The number of pyridine rings is 1. The molecule has 1 saturated heterocycles. The van der Waals surface area contributed by atoms with E-state index in [4.69, 9.17) is 0 Å². The summed E-state index contributed by atoms with van der Waals surface area (Å²) in [4.78, 5) is 32.4. The van der Waals surface area contributed by atoms with E-state index in [1.807, 2.05) is 61.7 Å². The quantitative estimate of drug-likeness (QED) is 0.670. The fourth-order valence-electron chi connectivity index (χ4n) is 3.49. The Morgan fingerprint density at radius 1 is 0.862 bits per heavy atom. The van der Waals surface area contributed by atoms with Crippen LogP contribution in [0.5, 0.6) is 0 Å². The van der Waals surface area contributed by atoms with Gasteiger partial charge in [-0.2, -0.15) is 0 Å². The third-order valence-electron chi connectivity index (χ3n) is 5.06. The summed E-state index contributed by atoms with van der Waals surface area (Å²) in [6, 6.07) is 15.6. The molecule has 0 N–H and O–H groups in total. The fourth-order valence-corrected chi connectivity index (χ4v) is 3.49. The van der Waals surface area contributed by atoms with Gasteiger partial charge in [0.15, 0.2) is 0 Å². The van der Waals surface area contributed by atoms with Crippen molar-refractivity contribution in [3.63, 3.8) is 0 Å². The molecule has 3 heterocycles. The maximum absolute atomic E-state index is 12.9. The van der Waals surface area contributed by atoms with E-state index in [1.54, 1.807) is 17.3 Å². The Balaban J connectivity index is 1.41. The predicted octanol–water partition coefficient (Wildman–Crippen LogP) is 2.86. The predicted molar refractivity (Wildman–Crippen MR) is 114 cm³/mol. The van der Waals surface area contributed by atoms with Gasteiger partial charge in [-0.05, 0) is 31.2 Å². The molecule has 3 aromatic rings. The number of anilines is 3. The van der Waals surface area contributed by atoms with Crippen molar-refractivity contribution in [3.8, 4) is 0 Å². The van der Waals surface area contributed by atoms with Gasteiger partial charge in [0.25, 0.3) is 5.91 Å². The highest BCUT2D eigenvalue weighted by atomic mass is 16.2. The van der Waals surface area contributed by atoms with E-state index in [1.165, 1.54) is 0 Å². The van der Waals surface area contributed by atoms with Crippen molar-refractivity contribution in [3.05, 3.63) is 72.8 Å². The van der Waals surface area contributed by atoms with Crippen molar-refractivity contribution in [2.24, 2.45) is 0 Å². The number of carbonyl (C=O) groups excluding carboxylic acids is 1. The standard InChI is InChI=1S/C22H24N6O/c1-2-28(18-8-4-3-5-9-18)22(29)19-16-25-21(17-24-19)27-14-12-26(13-15-27)20-10-6-7-11-23-20/h3-11,16-17H,2,12-15H2,1H3. The number of benzene rings is 1. The first-order valence-corrected chi connectivity index (χ1v) is 9.86. The number of hydrogen-bond acceptors (Lipinski definition) is 6. The van der Waals surface area contributed by atoms with Gasteiger partial charge >= 0.3 is 0 Å². The molecular weight excluding hydrogens is 364 g/mol. The number of hydrogen-bond donors (Lipinski definition) is 0. The van der Waals surface area contributed by atoms with E-state index in [9.17, 15) is 4.79 Å². The second kappa shape index (κ2) is 8.68. The maximum atomic E-state index is 12.9. The van der Waals surface area contributed by atoms with Crippen LogP contribution in [0.3, 0.4) is 0 Å². The molecule has 29 heavy (non-hydrogen) atoms. The molecular formula is C22H24N6O. The summed E-state index contributed by atoms with van der Waals surface area (Å²) in [5, 5.41) is 0. The number of nitrogens with zero attached hydrogens (tertiary/aromatic N) is 6. The van der Waals surface area contributed by atoms with Gasteiger partial charge in [-0.25, -0.2) is 15.0 Å². The molecule has 0 saturated carbocycles. The SMILES string of the molecule is CCN(C(=O)c1cnc(N2CCN(c3ccccn3)CC2)cn1)c1ccccc1. The fraction of sp³-hybridized carbons (Fsp3) is 0.273. The van der Waals surface area contributed by atoms with Gasteiger partial charge in [0.2, 0.25) is 0 Å². The van der Waals surface area contributed by atoms with Gasteiger partial charge < -0.3 is 14.7 Å². The lowest BCUT2D eigenvalue weighted by molar-refractivity contribution is 0.0983. The Kier molecular flexibility index (Phi) is 5.65. The molecule has 1 fully saturated rings. The zero-order valence-corrected chi connectivity index (χ0v) is 16.5. The molecule has 0 radical (unpaired) electrons. The van der Waals surface area contributed by atoms with E-state index < -0.39 is 0 Å². The lowest BCUT2D eigenvalue weighted by Gasteiger charge is -2.35. The summed E-state index contributed by atoms with van der Waals surface area (Å²) in [6.07, 6.45) is 5.09. The Morgan fingerprint density at radius 3 is 2.14 bits per heavy atom. The van der Waals surface area contributed by atoms with E-state index >= 15 is 0 Å². The van der Waals surface area contributed by atoms with Crippen LogP contribution in [0.2, 0.25) is 0 Å². The highest BCUT2D eigenvalue weighted by molar-refractivity contribution is 6.04. The monoisotopic (exact) mass is 388 g/mol. The first-order valence-electron chi connectivity index (χ1n) is 9.86. The van der Waals surface area contributed by atoms with Crippen LogP contribution < -0.4 is 14.7 Å². The van der Waals surface area contributed by atoms with Crippen molar-refractivity contribution in [2.75, 3.05) is 47.4 Å². The highest BCUT2D eigenvalue weighted by Gasteiger charge is 2.21. The zero-order chi connectivity index (χ0) is 20.1. The minimum Gasteiger partial charge on any atom is -0.353 e. The minimum absolute atomic E-state index is 0.141. The molecule has 0 spiro atoms. The zero-order valence-electron chi connectivity index (χ0n) is 16.5. The van der Waals surface area contributed by atoms with Crippen LogP contribution in [0.25, 0.3) is 0 Å². The molecule has 4 rings (SSSR count). The summed E-state index contributed by atoms with van der Waals surface area (Å²) in [6.45, 7) is 5.94. The average Bonchev–Trinajstić information content (AvgIpc) is 2.81. The Labute approximate surface area is 170 Å². The largest absolute Gasteiger partial charge is 0.353 e. The van der Waals surface area contributed by atoms with Gasteiger partial charge in [0.1, 0.15) is 17.3 Å². The Morgan fingerprint density at radius 2 is 1.55 bits per heavy atom. The molecule has 1 aromatic carbocycles. The van der Waals surface area contributed by atoms with Gasteiger partial charge in [-0.1, -0.05) is 24.3 Å². The molecule has 1 amide bonds. The maximum Gasteiger partial charge on any atom is 0.278 e. The molecule has 2 aromatic heterocycles. The summed E-state index contributed by atoms with van der Waals surface area (Å²) in [5.74, 6) is 1.66. The number of para-hydroxylation sites is 1. The van der Waals surface area contributed by atoms with Crippen molar-refractivity contribution in [1.29, 1.82) is 0 Å². The molecule has 1 aliphatic heterocycles. The van der Waals surface area contributed by atoms with Crippen LogP contribution in [0.1, 0.15) is 17.4 Å². The van der Waals surface area contributed by atoms with Gasteiger partial charge in [-0.15, -0.1) is 0 Å². The van der Waals surface area contributed by atoms with Crippen molar-refractivity contribution >= 4 is 23.2 Å². The van der Waals surface area contributed by atoms with Crippen LogP contribution in [0.15, 0.2) is 67.1 Å². The normalized spacial score (nSPS) is 14.0. The van der Waals surface area contributed by atoms with Crippen LogP contribution in [0, 0.1) is 0 Å². The van der Waals surface area contributed by atoms with E-state index in [0.29, 0.717) is 12.2 Å². The third-order valence-corrected chi connectivity index (χ3v) is 5.06. The Hall–Kier alpha value is -3.48. The lowest BCUT2D eigenvalue weighted by Crippen LogP contribution is -2.47. The molecule has 1 aliphatic rings. The number of carbonyl (C=O) groups is 1. The molecule has 7 nitrogen and oxygen atoms in total. The van der Waals surface area contributed by atoms with E-state index in [0.717, 1.165) is 43.5 Å². The second-order valence-electron chi connectivity index (χ2n) is 6.81. The van der Waals surface area contributed by atoms with E-state index in [2.05, 4.69) is 24.8 Å². The average molecular weight is 388 g/mol. The number of piperazine rings is 1. The second-order valence-corrected chi connectivity index (χ2v) is 6.81. The first-order chi connectivity index (χ1) is 14.3. The summed E-state index contributed by atoms with van der Waals surface area (Å²) in [5.41, 5.74) is 1.21. The number of aromatic nitrogens is 3. The van der Waals surface area contributed by atoms with Gasteiger partial charge in [0.05, 0.1) is 12.4 Å². The van der Waals surface area contributed by atoms with Crippen molar-refractivity contribution < 1.29 is 4.79 Å². The molecule has 148 valence electrons. The van der Waals surface area contributed by atoms with Crippen molar-refractivity contribution in [2.45, 2.75) is 6.92 Å². The third kappa shape index (κ3) is 4.18. The number of amides is 1. The van der Waals surface area contributed by atoms with E-state index in [-0.39, 0.29) is 5.91 Å². The summed E-state index contributed by atoms with van der Waals surface area (Å²) >= 11 is 0. The molecule has 0 unspecified atom stereocenters. The molecule has 0 bridgehead atoms. The smallest absolute Gasteiger partial charge is 0.278 e. The molecule has 0 atom stereocenters. The lowest BCUT2D eigenvalue weighted by atomic mass is 10.2. The van der Waals surface area contributed by atoms with Crippen molar-refractivity contribution in [1.82, 2.24) is 15.0 Å². The van der Waals surface area contributed by atoms with Gasteiger partial charge in [0, 0.05) is 44.6 Å². The minimum atomic E-state index is -0.141. The Bertz CT molecular complexity index is 925. The summed E-state index contributed by atoms with van der Waals surface area (Å²) < 4.78 is 0. The summed E-state index contributed by atoms with van der Waals surface area (Å²) in [7, 11) is 0.